The normalized spacial score (nSPS) is 10.6. The molecule has 1 amide bonds. The largest absolute Gasteiger partial charge is 0.493 e. The summed E-state index contributed by atoms with van der Waals surface area (Å²) in [5, 5.41) is 2.72. The average molecular weight is 289 g/mol. The third-order valence-corrected chi connectivity index (χ3v) is 2.52. The average Bonchev–Trinajstić information content (AvgIpc) is 2.41. The lowest BCUT2D eigenvalue weighted by atomic mass is 10.1. The minimum Gasteiger partial charge on any atom is -0.493 e. The van der Waals surface area contributed by atoms with Gasteiger partial charge in [0.15, 0.2) is 0 Å². The lowest BCUT2D eigenvalue weighted by Gasteiger charge is -2.20. The van der Waals surface area contributed by atoms with E-state index in [9.17, 15) is 4.79 Å². The maximum Gasteiger partial charge on any atom is 0.407 e. The molecule has 114 valence electrons. The molecule has 0 atom stereocenters. The summed E-state index contributed by atoms with van der Waals surface area (Å²) in [6, 6.07) is 5.49. The number of carbonyl (C=O) groups excluding carboxylic acids is 1. The van der Waals surface area contributed by atoms with Crippen LogP contribution < -0.4 is 10.1 Å². The summed E-state index contributed by atoms with van der Waals surface area (Å²) in [5.41, 5.74) is 1.11. The Balaban J connectivity index is 2.73. The quantitative estimate of drug-likeness (QED) is 0.844. The van der Waals surface area contributed by atoms with Crippen LogP contribution in [0.3, 0.4) is 0 Å². The van der Waals surface area contributed by atoms with Gasteiger partial charge in [-0.05, 0) is 39.3 Å². The zero-order valence-corrected chi connectivity index (χ0v) is 13.2. The van der Waals surface area contributed by atoms with Gasteiger partial charge in [-0.2, -0.15) is 0 Å². The van der Waals surface area contributed by atoms with E-state index < -0.39 is 11.7 Å². The summed E-state index contributed by atoms with van der Waals surface area (Å²) in [6.45, 7) is 8.44. The molecule has 21 heavy (non-hydrogen) atoms. The Morgan fingerprint density at radius 2 is 2.10 bits per heavy atom. The highest BCUT2D eigenvalue weighted by Gasteiger charge is 2.16. The van der Waals surface area contributed by atoms with Crippen molar-refractivity contribution in [3.8, 4) is 18.1 Å². The molecule has 0 aliphatic heterocycles. The van der Waals surface area contributed by atoms with Gasteiger partial charge in [-0.15, -0.1) is 6.42 Å². The number of amides is 1. The molecule has 0 spiro atoms. The van der Waals surface area contributed by atoms with Gasteiger partial charge in [0, 0.05) is 17.7 Å². The van der Waals surface area contributed by atoms with Gasteiger partial charge < -0.3 is 14.8 Å². The topological polar surface area (TPSA) is 47.6 Å². The van der Waals surface area contributed by atoms with Crippen LogP contribution in [-0.2, 0) is 11.3 Å². The fourth-order valence-electron chi connectivity index (χ4n) is 1.62. The summed E-state index contributed by atoms with van der Waals surface area (Å²) < 4.78 is 10.9. The van der Waals surface area contributed by atoms with Crippen molar-refractivity contribution in [2.45, 2.75) is 46.3 Å². The molecular formula is C17H23NO3. The van der Waals surface area contributed by atoms with E-state index in [0.717, 1.165) is 17.5 Å². The smallest absolute Gasteiger partial charge is 0.407 e. The standard InChI is InChI=1S/C17H23NO3/c1-6-10-20-15-11-13(7-2)8-9-14(15)12-18-16(19)21-17(3,4)5/h2,8-9,11H,6,10,12H2,1,3-5H3,(H,18,19). The Kier molecular flexibility index (Phi) is 6.10. The molecule has 0 saturated heterocycles. The molecule has 1 aromatic rings. The van der Waals surface area contributed by atoms with Gasteiger partial charge in [-0.25, -0.2) is 4.79 Å². The molecule has 0 aliphatic rings. The first-order chi connectivity index (χ1) is 9.85. The second-order valence-corrected chi connectivity index (χ2v) is 5.67. The van der Waals surface area contributed by atoms with Crippen molar-refractivity contribution in [2.24, 2.45) is 0 Å². The molecule has 4 nitrogen and oxygen atoms in total. The number of nitrogens with one attached hydrogen (secondary N) is 1. The van der Waals surface area contributed by atoms with Crippen LogP contribution in [0.2, 0.25) is 0 Å². The zero-order valence-electron chi connectivity index (χ0n) is 13.2. The molecule has 0 bridgehead atoms. The zero-order chi connectivity index (χ0) is 15.9. The molecule has 0 saturated carbocycles. The summed E-state index contributed by atoms with van der Waals surface area (Å²) in [4.78, 5) is 11.7. The summed E-state index contributed by atoms with van der Waals surface area (Å²) in [6.07, 6.45) is 5.84. The van der Waals surface area contributed by atoms with Crippen molar-refractivity contribution in [3.05, 3.63) is 29.3 Å². The number of rotatable bonds is 5. The number of carbonyl (C=O) groups is 1. The van der Waals surface area contributed by atoms with Crippen LogP contribution in [0, 0.1) is 12.3 Å². The molecule has 1 rings (SSSR count). The monoisotopic (exact) mass is 289 g/mol. The van der Waals surface area contributed by atoms with E-state index in [1.54, 1.807) is 0 Å². The Bertz CT molecular complexity index is 524. The van der Waals surface area contributed by atoms with Crippen molar-refractivity contribution in [1.82, 2.24) is 5.32 Å². The predicted octanol–water partition coefficient (Wildman–Crippen LogP) is 3.48. The lowest BCUT2D eigenvalue weighted by molar-refractivity contribution is 0.0523. The van der Waals surface area contributed by atoms with Crippen LogP contribution in [0.5, 0.6) is 5.75 Å². The van der Waals surface area contributed by atoms with Crippen molar-refractivity contribution in [3.63, 3.8) is 0 Å². The minimum absolute atomic E-state index is 0.332. The van der Waals surface area contributed by atoms with E-state index in [4.69, 9.17) is 15.9 Å². The van der Waals surface area contributed by atoms with Crippen LogP contribution in [0.4, 0.5) is 4.79 Å². The lowest BCUT2D eigenvalue weighted by Crippen LogP contribution is -2.32. The number of alkyl carbamates (subject to hydrolysis) is 1. The van der Waals surface area contributed by atoms with Gasteiger partial charge in [-0.3, -0.25) is 0 Å². The maximum absolute atomic E-state index is 11.7. The fraction of sp³-hybridized carbons (Fsp3) is 0.471. The first-order valence-electron chi connectivity index (χ1n) is 7.05. The van der Waals surface area contributed by atoms with Crippen LogP contribution in [0.1, 0.15) is 45.2 Å². The predicted molar refractivity (Wildman–Crippen MR) is 83.2 cm³/mol. The second kappa shape index (κ2) is 7.58. The highest BCUT2D eigenvalue weighted by Crippen LogP contribution is 2.21. The second-order valence-electron chi connectivity index (χ2n) is 5.67. The molecule has 1 N–H and O–H groups in total. The van der Waals surface area contributed by atoms with E-state index in [1.165, 1.54) is 0 Å². The SMILES string of the molecule is C#Cc1ccc(CNC(=O)OC(C)(C)C)c(OCCC)c1. The summed E-state index contributed by atoms with van der Waals surface area (Å²) in [5.74, 6) is 3.27. The first-order valence-corrected chi connectivity index (χ1v) is 7.05. The number of hydrogen-bond donors (Lipinski definition) is 1. The van der Waals surface area contributed by atoms with Gasteiger partial charge in [0.2, 0.25) is 0 Å². The molecular weight excluding hydrogens is 266 g/mol. The Morgan fingerprint density at radius 3 is 2.67 bits per heavy atom. The molecule has 1 aromatic carbocycles. The van der Waals surface area contributed by atoms with Crippen molar-refractivity contribution >= 4 is 6.09 Å². The number of terminal acetylenes is 1. The first kappa shape index (κ1) is 16.9. The van der Waals surface area contributed by atoms with Crippen molar-refractivity contribution < 1.29 is 14.3 Å². The molecule has 0 heterocycles. The van der Waals surface area contributed by atoms with Gasteiger partial charge in [0.05, 0.1) is 6.61 Å². The van der Waals surface area contributed by atoms with Gasteiger partial charge in [-0.1, -0.05) is 18.9 Å². The van der Waals surface area contributed by atoms with E-state index in [2.05, 4.69) is 11.2 Å². The third kappa shape index (κ3) is 6.22. The van der Waals surface area contributed by atoms with Gasteiger partial charge in [0.25, 0.3) is 0 Å². The summed E-state index contributed by atoms with van der Waals surface area (Å²) in [7, 11) is 0. The highest BCUT2D eigenvalue weighted by atomic mass is 16.6. The molecule has 0 unspecified atom stereocenters. The number of benzene rings is 1. The molecule has 0 aromatic heterocycles. The Morgan fingerprint density at radius 1 is 1.38 bits per heavy atom. The van der Waals surface area contributed by atoms with Gasteiger partial charge >= 0.3 is 6.09 Å². The van der Waals surface area contributed by atoms with E-state index in [0.29, 0.717) is 18.9 Å². The molecule has 0 fully saturated rings. The van der Waals surface area contributed by atoms with E-state index in [-0.39, 0.29) is 0 Å². The minimum atomic E-state index is -0.515. The van der Waals surface area contributed by atoms with Gasteiger partial charge in [0.1, 0.15) is 11.4 Å². The van der Waals surface area contributed by atoms with Crippen LogP contribution in [0.15, 0.2) is 18.2 Å². The van der Waals surface area contributed by atoms with Crippen molar-refractivity contribution in [2.75, 3.05) is 6.61 Å². The molecule has 0 aliphatic carbocycles. The fourth-order valence-corrected chi connectivity index (χ4v) is 1.62. The Hall–Kier alpha value is -2.15. The van der Waals surface area contributed by atoms with E-state index in [1.807, 2.05) is 45.9 Å². The van der Waals surface area contributed by atoms with Crippen LogP contribution >= 0.6 is 0 Å². The van der Waals surface area contributed by atoms with E-state index >= 15 is 0 Å². The third-order valence-electron chi connectivity index (χ3n) is 2.52. The van der Waals surface area contributed by atoms with Crippen LogP contribution in [-0.4, -0.2) is 18.3 Å². The number of ether oxygens (including phenoxy) is 2. The van der Waals surface area contributed by atoms with Crippen molar-refractivity contribution in [1.29, 1.82) is 0 Å². The van der Waals surface area contributed by atoms with Crippen LogP contribution in [0.25, 0.3) is 0 Å². The maximum atomic E-state index is 11.7. The summed E-state index contributed by atoms with van der Waals surface area (Å²) >= 11 is 0. The molecule has 4 heteroatoms. The number of hydrogen-bond acceptors (Lipinski definition) is 3. The molecule has 0 radical (unpaired) electrons. The highest BCUT2D eigenvalue weighted by molar-refractivity contribution is 5.67. The Labute approximate surface area is 126 Å².